The highest BCUT2D eigenvalue weighted by atomic mass is 32.2. The minimum atomic E-state index is 0.0447. The first-order valence-electron chi connectivity index (χ1n) is 6.66. The number of hydrogen-bond acceptors (Lipinski definition) is 3. The highest BCUT2D eigenvalue weighted by molar-refractivity contribution is 7.99. The predicted molar refractivity (Wildman–Crippen MR) is 78.3 cm³/mol. The third-order valence-electron chi connectivity index (χ3n) is 3.57. The third-order valence-corrected chi connectivity index (χ3v) is 4.76. The molecule has 2 atom stereocenters. The molecule has 0 amide bonds. The Balaban J connectivity index is 2.15. The molecular weight excluding hydrogens is 242 g/mol. The predicted octanol–water partition coefficient (Wildman–Crippen LogP) is 3.09. The lowest BCUT2D eigenvalue weighted by atomic mass is 9.99. The van der Waals surface area contributed by atoms with E-state index in [4.69, 9.17) is 0 Å². The molecule has 18 heavy (non-hydrogen) atoms. The maximum absolute atomic E-state index is 12.6. The van der Waals surface area contributed by atoms with Crippen molar-refractivity contribution >= 4 is 17.5 Å². The molecule has 1 aromatic rings. The van der Waals surface area contributed by atoms with Crippen LogP contribution in [0.4, 0.5) is 0 Å². The van der Waals surface area contributed by atoms with Crippen molar-refractivity contribution in [2.24, 2.45) is 0 Å². The molecular formula is C15H21NOS. The molecule has 3 heteroatoms. The van der Waals surface area contributed by atoms with E-state index in [1.807, 2.05) is 42.1 Å². The Morgan fingerprint density at radius 1 is 1.44 bits per heavy atom. The molecule has 2 unspecified atom stereocenters. The summed E-state index contributed by atoms with van der Waals surface area (Å²) >= 11 is 1.99. The number of benzene rings is 1. The molecule has 1 aromatic carbocycles. The lowest BCUT2D eigenvalue weighted by molar-refractivity contribution is 0.0766. The van der Waals surface area contributed by atoms with Crippen LogP contribution in [0.5, 0.6) is 0 Å². The monoisotopic (exact) mass is 263 g/mol. The van der Waals surface area contributed by atoms with Gasteiger partial charge in [-0.15, -0.1) is 0 Å². The maximum Gasteiger partial charge on any atom is 0.179 e. The number of ketones is 1. The van der Waals surface area contributed by atoms with Crippen molar-refractivity contribution in [2.45, 2.75) is 32.4 Å². The summed E-state index contributed by atoms with van der Waals surface area (Å²) in [5, 5.41) is 0. The number of carbonyl (C=O) groups excluding carboxylic acids is 1. The molecule has 1 fully saturated rings. The summed E-state index contributed by atoms with van der Waals surface area (Å²) in [7, 11) is 0. The fraction of sp³-hybridized carbons (Fsp3) is 0.533. The molecule has 0 bridgehead atoms. The average Bonchev–Trinajstić information content (AvgIpc) is 2.42. The first-order valence-corrected chi connectivity index (χ1v) is 7.82. The summed E-state index contributed by atoms with van der Waals surface area (Å²) in [5.74, 6) is 2.55. The van der Waals surface area contributed by atoms with Crippen molar-refractivity contribution < 1.29 is 4.79 Å². The molecule has 0 N–H and O–H groups in total. The molecule has 2 nitrogen and oxygen atoms in total. The number of carbonyl (C=O) groups is 1. The minimum Gasteiger partial charge on any atom is -0.292 e. The van der Waals surface area contributed by atoms with Crippen LogP contribution in [0, 0.1) is 0 Å². The Morgan fingerprint density at radius 3 is 2.78 bits per heavy atom. The Hall–Kier alpha value is -0.800. The van der Waals surface area contributed by atoms with Gasteiger partial charge in [-0.05, 0) is 13.3 Å². The molecule has 0 saturated carbocycles. The Bertz CT molecular complexity index is 393. The second-order valence-corrected chi connectivity index (χ2v) is 5.97. The molecule has 0 spiro atoms. The van der Waals surface area contributed by atoms with Crippen LogP contribution >= 0.6 is 11.8 Å². The van der Waals surface area contributed by atoms with Crippen molar-refractivity contribution in [3.8, 4) is 0 Å². The van der Waals surface area contributed by atoms with E-state index < -0.39 is 0 Å². The maximum atomic E-state index is 12.6. The van der Waals surface area contributed by atoms with Gasteiger partial charge in [-0.25, -0.2) is 0 Å². The Kier molecular flexibility index (Phi) is 4.84. The fourth-order valence-corrected chi connectivity index (χ4v) is 3.61. The summed E-state index contributed by atoms with van der Waals surface area (Å²) in [4.78, 5) is 15.0. The van der Waals surface area contributed by atoms with Gasteiger partial charge in [0.2, 0.25) is 0 Å². The van der Waals surface area contributed by atoms with Gasteiger partial charge in [-0.3, -0.25) is 9.69 Å². The fourth-order valence-electron chi connectivity index (χ4n) is 2.57. The number of Topliss-reactive ketones (excluding diaryl/α,β-unsaturated/α-hetero) is 1. The quantitative estimate of drug-likeness (QED) is 0.779. The molecule has 2 rings (SSSR count). The zero-order valence-electron chi connectivity index (χ0n) is 11.1. The zero-order valence-corrected chi connectivity index (χ0v) is 12.0. The normalized spacial score (nSPS) is 22.7. The second-order valence-electron chi connectivity index (χ2n) is 4.82. The highest BCUT2D eigenvalue weighted by Gasteiger charge is 2.30. The van der Waals surface area contributed by atoms with Crippen LogP contribution in [-0.4, -0.2) is 40.8 Å². The van der Waals surface area contributed by atoms with Crippen LogP contribution in [0.3, 0.4) is 0 Å². The van der Waals surface area contributed by atoms with Crippen LogP contribution < -0.4 is 0 Å². The van der Waals surface area contributed by atoms with Crippen molar-refractivity contribution in [1.29, 1.82) is 0 Å². The van der Waals surface area contributed by atoms with E-state index in [9.17, 15) is 4.79 Å². The molecule has 1 aliphatic heterocycles. The minimum absolute atomic E-state index is 0.0447. The van der Waals surface area contributed by atoms with Crippen molar-refractivity contribution in [2.75, 3.05) is 18.1 Å². The standard InChI is InChI=1S/C15H21NOS/c1-3-14(16-9-10-18-11-12(16)2)15(17)13-7-5-4-6-8-13/h4-8,12,14H,3,9-11H2,1-2H3. The topological polar surface area (TPSA) is 20.3 Å². The van der Waals surface area contributed by atoms with Crippen LogP contribution in [0.15, 0.2) is 30.3 Å². The molecule has 98 valence electrons. The SMILES string of the molecule is CCC(C(=O)c1ccccc1)N1CCSCC1C. The van der Waals surface area contributed by atoms with E-state index in [1.165, 1.54) is 0 Å². The van der Waals surface area contributed by atoms with E-state index in [0.717, 1.165) is 30.0 Å². The lowest BCUT2D eigenvalue weighted by Gasteiger charge is -2.38. The lowest BCUT2D eigenvalue weighted by Crippen LogP contribution is -2.50. The van der Waals surface area contributed by atoms with Crippen LogP contribution in [-0.2, 0) is 0 Å². The molecule has 1 heterocycles. The number of thioether (sulfide) groups is 1. The van der Waals surface area contributed by atoms with Gasteiger partial charge in [-0.2, -0.15) is 11.8 Å². The van der Waals surface area contributed by atoms with Gasteiger partial charge < -0.3 is 0 Å². The first kappa shape index (κ1) is 13.6. The van der Waals surface area contributed by atoms with Gasteiger partial charge in [-0.1, -0.05) is 37.3 Å². The number of rotatable bonds is 4. The van der Waals surface area contributed by atoms with Crippen molar-refractivity contribution in [1.82, 2.24) is 4.90 Å². The van der Waals surface area contributed by atoms with Gasteiger partial charge in [0.1, 0.15) is 0 Å². The van der Waals surface area contributed by atoms with E-state index in [-0.39, 0.29) is 11.8 Å². The first-order chi connectivity index (χ1) is 8.74. The largest absolute Gasteiger partial charge is 0.292 e. The summed E-state index contributed by atoms with van der Waals surface area (Å²) in [6, 6.07) is 10.2. The summed E-state index contributed by atoms with van der Waals surface area (Å²) in [6.45, 7) is 5.37. The average molecular weight is 263 g/mol. The van der Waals surface area contributed by atoms with Gasteiger partial charge in [0.25, 0.3) is 0 Å². The summed E-state index contributed by atoms with van der Waals surface area (Å²) in [5.41, 5.74) is 0.842. The van der Waals surface area contributed by atoms with Gasteiger partial charge in [0, 0.05) is 29.7 Å². The van der Waals surface area contributed by atoms with Gasteiger partial charge in [0.15, 0.2) is 5.78 Å². The number of nitrogens with zero attached hydrogens (tertiary/aromatic N) is 1. The van der Waals surface area contributed by atoms with E-state index >= 15 is 0 Å². The van der Waals surface area contributed by atoms with Crippen LogP contribution in [0.1, 0.15) is 30.6 Å². The molecule has 0 aliphatic carbocycles. The molecule has 0 radical (unpaired) electrons. The Morgan fingerprint density at radius 2 is 2.17 bits per heavy atom. The molecule has 1 aliphatic rings. The van der Waals surface area contributed by atoms with Crippen LogP contribution in [0.25, 0.3) is 0 Å². The zero-order chi connectivity index (χ0) is 13.0. The van der Waals surface area contributed by atoms with Crippen LogP contribution in [0.2, 0.25) is 0 Å². The Labute approximate surface area is 114 Å². The van der Waals surface area contributed by atoms with Gasteiger partial charge in [0.05, 0.1) is 6.04 Å². The van der Waals surface area contributed by atoms with Crippen molar-refractivity contribution in [3.05, 3.63) is 35.9 Å². The van der Waals surface area contributed by atoms with Gasteiger partial charge >= 0.3 is 0 Å². The number of hydrogen-bond donors (Lipinski definition) is 0. The summed E-state index contributed by atoms with van der Waals surface area (Å²) in [6.07, 6.45) is 0.892. The van der Waals surface area contributed by atoms with E-state index in [0.29, 0.717) is 6.04 Å². The van der Waals surface area contributed by atoms with E-state index in [2.05, 4.69) is 18.7 Å². The second kappa shape index (κ2) is 6.39. The van der Waals surface area contributed by atoms with Crippen molar-refractivity contribution in [3.63, 3.8) is 0 Å². The third kappa shape index (κ3) is 2.96. The molecule has 1 saturated heterocycles. The van der Waals surface area contributed by atoms with E-state index in [1.54, 1.807) is 0 Å². The molecule has 0 aromatic heterocycles. The summed E-state index contributed by atoms with van der Waals surface area (Å²) < 4.78 is 0. The highest BCUT2D eigenvalue weighted by Crippen LogP contribution is 2.22. The smallest absolute Gasteiger partial charge is 0.179 e.